The van der Waals surface area contributed by atoms with Crippen molar-refractivity contribution >= 4 is 16.8 Å². The third-order valence-electron chi connectivity index (χ3n) is 4.00. The summed E-state index contributed by atoms with van der Waals surface area (Å²) >= 11 is 0. The second kappa shape index (κ2) is 6.84. The van der Waals surface area contributed by atoms with Gasteiger partial charge in [0.1, 0.15) is 11.6 Å². The molecule has 5 nitrogen and oxygen atoms in total. The van der Waals surface area contributed by atoms with Gasteiger partial charge in [0.05, 0.1) is 17.3 Å². The second-order valence-electron chi connectivity index (χ2n) is 5.83. The standard InChI is InChI=1S/C19H18FN3O2/c1-3-16-21-18-12(2)5-4-6-15(18)19(25)23(16)22-17(24)11-13-7-9-14(20)10-8-13/h4-10H,3,11H2,1-2H3,(H,22,24). The van der Waals surface area contributed by atoms with Crippen molar-refractivity contribution in [2.24, 2.45) is 0 Å². The Labute approximate surface area is 144 Å². The van der Waals surface area contributed by atoms with Gasteiger partial charge in [-0.25, -0.2) is 14.1 Å². The molecule has 1 amide bonds. The number of fused-ring (bicyclic) bond motifs is 1. The molecule has 0 bridgehead atoms. The summed E-state index contributed by atoms with van der Waals surface area (Å²) in [7, 11) is 0. The Bertz CT molecular complexity index is 994. The van der Waals surface area contributed by atoms with E-state index in [1.807, 2.05) is 19.9 Å². The molecule has 1 heterocycles. The van der Waals surface area contributed by atoms with Gasteiger partial charge >= 0.3 is 0 Å². The Hall–Kier alpha value is -3.02. The number of halogens is 1. The highest BCUT2D eigenvalue weighted by molar-refractivity contribution is 5.86. The molecule has 128 valence electrons. The number of para-hydroxylation sites is 1. The zero-order valence-electron chi connectivity index (χ0n) is 14.0. The summed E-state index contributed by atoms with van der Waals surface area (Å²) in [5.41, 5.74) is 4.53. The molecular weight excluding hydrogens is 321 g/mol. The average molecular weight is 339 g/mol. The van der Waals surface area contributed by atoms with Crippen molar-refractivity contribution in [2.45, 2.75) is 26.7 Å². The van der Waals surface area contributed by atoms with Crippen LogP contribution in [0.4, 0.5) is 4.39 Å². The van der Waals surface area contributed by atoms with Crippen LogP contribution in [-0.4, -0.2) is 15.6 Å². The van der Waals surface area contributed by atoms with Gasteiger partial charge in [0.2, 0.25) is 5.91 Å². The van der Waals surface area contributed by atoms with E-state index in [0.29, 0.717) is 28.7 Å². The van der Waals surface area contributed by atoms with Crippen molar-refractivity contribution in [3.05, 3.63) is 75.6 Å². The van der Waals surface area contributed by atoms with E-state index in [1.165, 1.54) is 16.8 Å². The fourth-order valence-electron chi connectivity index (χ4n) is 2.70. The number of benzene rings is 2. The predicted molar refractivity (Wildman–Crippen MR) is 94.6 cm³/mol. The van der Waals surface area contributed by atoms with Crippen molar-refractivity contribution in [2.75, 3.05) is 5.43 Å². The van der Waals surface area contributed by atoms with E-state index in [-0.39, 0.29) is 23.7 Å². The molecule has 1 aromatic heterocycles. The van der Waals surface area contributed by atoms with Gasteiger partial charge in [0.25, 0.3) is 5.56 Å². The van der Waals surface area contributed by atoms with Crippen LogP contribution >= 0.6 is 0 Å². The summed E-state index contributed by atoms with van der Waals surface area (Å²) in [5, 5.41) is 0.458. The van der Waals surface area contributed by atoms with E-state index >= 15 is 0 Å². The number of nitrogens with zero attached hydrogens (tertiary/aromatic N) is 2. The largest absolute Gasteiger partial charge is 0.280 e. The van der Waals surface area contributed by atoms with Gasteiger partial charge in [0, 0.05) is 6.42 Å². The van der Waals surface area contributed by atoms with Crippen LogP contribution in [0.15, 0.2) is 47.3 Å². The maximum atomic E-state index is 12.9. The zero-order valence-corrected chi connectivity index (χ0v) is 14.0. The Morgan fingerprint density at radius 1 is 1.20 bits per heavy atom. The van der Waals surface area contributed by atoms with Gasteiger partial charge in [0.15, 0.2) is 0 Å². The first-order valence-corrected chi connectivity index (χ1v) is 8.05. The van der Waals surface area contributed by atoms with Gasteiger partial charge in [-0.15, -0.1) is 0 Å². The molecule has 2 aromatic carbocycles. The third-order valence-corrected chi connectivity index (χ3v) is 4.00. The summed E-state index contributed by atoms with van der Waals surface area (Å²) in [6, 6.07) is 11.1. The number of amides is 1. The summed E-state index contributed by atoms with van der Waals surface area (Å²) in [6.45, 7) is 3.76. The fraction of sp³-hybridized carbons (Fsp3) is 0.211. The maximum Gasteiger partial charge on any atom is 0.280 e. The fourth-order valence-corrected chi connectivity index (χ4v) is 2.70. The summed E-state index contributed by atoms with van der Waals surface area (Å²) in [4.78, 5) is 29.6. The van der Waals surface area contributed by atoms with Crippen LogP contribution in [0.5, 0.6) is 0 Å². The van der Waals surface area contributed by atoms with Crippen LogP contribution in [0.2, 0.25) is 0 Å². The lowest BCUT2D eigenvalue weighted by molar-refractivity contribution is -0.116. The molecular formula is C19H18FN3O2. The highest BCUT2D eigenvalue weighted by Gasteiger charge is 2.13. The summed E-state index contributed by atoms with van der Waals surface area (Å²) in [5.74, 6) is -0.237. The SMILES string of the molecule is CCc1nc2c(C)cccc2c(=O)n1NC(=O)Cc1ccc(F)cc1. The van der Waals surface area contributed by atoms with Gasteiger partial charge < -0.3 is 0 Å². The molecule has 0 unspecified atom stereocenters. The Morgan fingerprint density at radius 2 is 1.92 bits per heavy atom. The van der Waals surface area contributed by atoms with Crippen LogP contribution in [-0.2, 0) is 17.6 Å². The van der Waals surface area contributed by atoms with E-state index in [1.54, 1.807) is 24.3 Å². The Balaban J connectivity index is 1.95. The molecule has 0 radical (unpaired) electrons. The van der Waals surface area contributed by atoms with Crippen LogP contribution < -0.4 is 11.0 Å². The van der Waals surface area contributed by atoms with E-state index in [2.05, 4.69) is 10.4 Å². The molecule has 0 atom stereocenters. The van der Waals surface area contributed by atoms with Crippen molar-refractivity contribution in [1.29, 1.82) is 0 Å². The number of hydrogen-bond acceptors (Lipinski definition) is 3. The van der Waals surface area contributed by atoms with Crippen molar-refractivity contribution in [3.8, 4) is 0 Å². The number of aryl methyl sites for hydroxylation is 2. The molecule has 3 aromatic rings. The van der Waals surface area contributed by atoms with Crippen LogP contribution in [0.25, 0.3) is 10.9 Å². The lowest BCUT2D eigenvalue weighted by Gasteiger charge is -2.14. The molecule has 1 N–H and O–H groups in total. The van der Waals surface area contributed by atoms with Crippen LogP contribution in [0.1, 0.15) is 23.9 Å². The molecule has 3 rings (SSSR count). The van der Waals surface area contributed by atoms with Crippen molar-refractivity contribution in [1.82, 2.24) is 9.66 Å². The molecule has 0 aliphatic carbocycles. The minimum atomic E-state index is -0.364. The number of hydrogen-bond donors (Lipinski definition) is 1. The first-order valence-electron chi connectivity index (χ1n) is 8.05. The maximum absolute atomic E-state index is 12.9. The number of nitrogens with one attached hydrogen (secondary N) is 1. The lowest BCUT2D eigenvalue weighted by atomic mass is 10.1. The van der Waals surface area contributed by atoms with Crippen LogP contribution in [0.3, 0.4) is 0 Å². The van der Waals surface area contributed by atoms with E-state index in [4.69, 9.17) is 0 Å². The number of aromatic nitrogens is 2. The molecule has 0 fully saturated rings. The first-order chi connectivity index (χ1) is 12.0. The highest BCUT2D eigenvalue weighted by Crippen LogP contribution is 2.13. The molecule has 6 heteroatoms. The Morgan fingerprint density at radius 3 is 2.60 bits per heavy atom. The second-order valence-corrected chi connectivity index (χ2v) is 5.83. The molecule has 25 heavy (non-hydrogen) atoms. The topological polar surface area (TPSA) is 64.0 Å². The molecule has 0 saturated heterocycles. The minimum absolute atomic E-state index is 0.0434. The highest BCUT2D eigenvalue weighted by atomic mass is 19.1. The predicted octanol–water partition coefficient (Wildman–Crippen LogP) is 2.72. The Kier molecular flexibility index (Phi) is 4.61. The smallest absolute Gasteiger partial charge is 0.273 e. The normalized spacial score (nSPS) is 10.8. The van der Waals surface area contributed by atoms with Crippen molar-refractivity contribution < 1.29 is 9.18 Å². The van der Waals surface area contributed by atoms with Gasteiger partial charge in [-0.3, -0.25) is 15.0 Å². The number of carbonyl (C=O) groups excluding carboxylic acids is 1. The first kappa shape index (κ1) is 16.8. The van der Waals surface area contributed by atoms with Gasteiger partial charge in [-0.05, 0) is 36.2 Å². The van der Waals surface area contributed by atoms with Gasteiger partial charge in [-0.2, -0.15) is 0 Å². The van der Waals surface area contributed by atoms with Crippen molar-refractivity contribution in [3.63, 3.8) is 0 Å². The van der Waals surface area contributed by atoms with E-state index < -0.39 is 0 Å². The van der Waals surface area contributed by atoms with Gasteiger partial charge in [-0.1, -0.05) is 31.2 Å². The average Bonchev–Trinajstić information content (AvgIpc) is 2.60. The third kappa shape index (κ3) is 3.42. The summed E-state index contributed by atoms with van der Waals surface area (Å²) in [6.07, 6.45) is 0.540. The molecule has 0 saturated carbocycles. The zero-order chi connectivity index (χ0) is 18.0. The molecule has 0 aliphatic rings. The molecule has 0 spiro atoms. The van der Waals surface area contributed by atoms with E-state index in [9.17, 15) is 14.0 Å². The number of rotatable bonds is 4. The monoisotopic (exact) mass is 339 g/mol. The summed E-state index contributed by atoms with van der Waals surface area (Å²) < 4.78 is 14.2. The number of carbonyl (C=O) groups is 1. The lowest BCUT2D eigenvalue weighted by Crippen LogP contribution is -2.37. The van der Waals surface area contributed by atoms with Crippen LogP contribution in [0, 0.1) is 12.7 Å². The minimum Gasteiger partial charge on any atom is -0.273 e. The quantitative estimate of drug-likeness (QED) is 0.795. The molecule has 0 aliphatic heterocycles. The van der Waals surface area contributed by atoms with E-state index in [0.717, 1.165) is 5.56 Å².